The van der Waals surface area contributed by atoms with Gasteiger partial charge in [0.25, 0.3) is 11.1 Å². The smallest absolute Gasteiger partial charge is 0.294 e. The maximum Gasteiger partial charge on any atom is 0.294 e. The van der Waals surface area contributed by atoms with Gasteiger partial charge in [-0.25, -0.2) is 0 Å². The highest BCUT2D eigenvalue weighted by Crippen LogP contribution is 2.32. The number of imide groups is 1. The van der Waals surface area contributed by atoms with Gasteiger partial charge >= 0.3 is 0 Å². The van der Waals surface area contributed by atoms with Crippen molar-refractivity contribution in [2.75, 3.05) is 13.7 Å². The van der Waals surface area contributed by atoms with E-state index in [1.807, 2.05) is 0 Å². The first-order chi connectivity index (χ1) is 9.15. The average Bonchev–Trinajstić information content (AvgIpc) is 2.68. The van der Waals surface area contributed by atoms with Crippen LogP contribution in [0.25, 0.3) is 6.08 Å². The molecule has 0 bridgehead atoms. The summed E-state index contributed by atoms with van der Waals surface area (Å²) >= 11 is 0.843. The van der Waals surface area contributed by atoms with E-state index in [-0.39, 0.29) is 6.54 Å². The van der Waals surface area contributed by atoms with Gasteiger partial charge in [0.2, 0.25) is 0 Å². The van der Waals surface area contributed by atoms with Gasteiger partial charge in [-0.2, -0.15) is 5.26 Å². The zero-order valence-corrected chi connectivity index (χ0v) is 10.9. The molecule has 0 unspecified atom stereocenters. The van der Waals surface area contributed by atoms with Crippen molar-refractivity contribution < 1.29 is 14.3 Å². The maximum atomic E-state index is 11.9. The highest BCUT2D eigenvalue weighted by atomic mass is 32.2. The number of nitriles is 1. The molecule has 0 radical (unpaired) electrons. The summed E-state index contributed by atoms with van der Waals surface area (Å²) in [6, 6.07) is 8.91. The second-order valence-electron chi connectivity index (χ2n) is 3.70. The van der Waals surface area contributed by atoms with E-state index in [4.69, 9.17) is 10.00 Å². The Balaban J connectivity index is 2.22. The Hall–Kier alpha value is -2.26. The van der Waals surface area contributed by atoms with Crippen LogP contribution < -0.4 is 4.74 Å². The predicted molar refractivity (Wildman–Crippen MR) is 71.3 cm³/mol. The predicted octanol–water partition coefficient (Wildman–Crippen LogP) is 2.26. The van der Waals surface area contributed by atoms with Crippen molar-refractivity contribution >= 4 is 29.0 Å². The molecular formula is C13H10N2O3S. The summed E-state index contributed by atoms with van der Waals surface area (Å²) < 4.78 is 5.04. The Morgan fingerprint density at radius 1 is 1.37 bits per heavy atom. The molecule has 6 heteroatoms. The van der Waals surface area contributed by atoms with Crippen molar-refractivity contribution in [3.63, 3.8) is 0 Å². The van der Waals surface area contributed by atoms with Gasteiger partial charge in [-0.1, -0.05) is 12.1 Å². The molecule has 0 spiro atoms. The quantitative estimate of drug-likeness (QED) is 0.624. The second-order valence-corrected chi connectivity index (χ2v) is 4.69. The maximum absolute atomic E-state index is 11.9. The standard InChI is InChI=1S/C13H10N2O3S/c1-18-10-4-2-9(3-5-10)8-11-12(16)15(7-6-14)13(17)19-11/h2-5,8H,7H2,1H3/b11-8-. The van der Waals surface area contributed by atoms with Gasteiger partial charge in [-0.3, -0.25) is 14.5 Å². The summed E-state index contributed by atoms with van der Waals surface area (Å²) in [5.41, 5.74) is 0.795. The normalized spacial score (nSPS) is 16.8. The Bertz CT molecular complexity index is 587. The number of nitrogens with zero attached hydrogens (tertiary/aromatic N) is 2. The summed E-state index contributed by atoms with van der Waals surface area (Å²) in [5.74, 6) is 0.294. The molecule has 0 aliphatic carbocycles. The van der Waals surface area contributed by atoms with Crippen LogP contribution in [-0.2, 0) is 4.79 Å². The van der Waals surface area contributed by atoms with Gasteiger partial charge in [0, 0.05) is 0 Å². The van der Waals surface area contributed by atoms with Crippen LogP contribution in [0.2, 0.25) is 0 Å². The summed E-state index contributed by atoms with van der Waals surface area (Å²) in [6.45, 7) is -0.218. The Morgan fingerprint density at radius 3 is 2.63 bits per heavy atom. The molecule has 0 N–H and O–H groups in total. The molecule has 1 heterocycles. The number of rotatable bonds is 3. The van der Waals surface area contributed by atoms with E-state index in [9.17, 15) is 9.59 Å². The molecule has 1 aromatic carbocycles. The lowest BCUT2D eigenvalue weighted by Crippen LogP contribution is -2.28. The average molecular weight is 274 g/mol. The SMILES string of the molecule is COc1ccc(/C=C2\SC(=O)N(CC#N)C2=O)cc1. The fourth-order valence-electron chi connectivity index (χ4n) is 1.56. The van der Waals surface area contributed by atoms with Crippen molar-refractivity contribution in [2.24, 2.45) is 0 Å². The van der Waals surface area contributed by atoms with Crippen LogP contribution in [0.4, 0.5) is 4.79 Å². The molecule has 5 nitrogen and oxygen atoms in total. The minimum atomic E-state index is -0.424. The van der Waals surface area contributed by atoms with Crippen molar-refractivity contribution in [1.82, 2.24) is 4.90 Å². The fourth-order valence-corrected chi connectivity index (χ4v) is 2.40. The van der Waals surface area contributed by atoms with Gasteiger partial charge in [0.1, 0.15) is 12.3 Å². The van der Waals surface area contributed by atoms with Gasteiger partial charge in [-0.05, 0) is 35.5 Å². The first kappa shape index (κ1) is 13.2. The fraction of sp³-hybridized carbons (Fsp3) is 0.154. The zero-order chi connectivity index (χ0) is 13.8. The van der Waals surface area contributed by atoms with Gasteiger partial charge in [0.05, 0.1) is 18.1 Å². The minimum Gasteiger partial charge on any atom is -0.497 e. The third-order valence-corrected chi connectivity index (χ3v) is 3.42. The number of carbonyl (C=O) groups excluding carboxylic acids is 2. The molecule has 1 saturated heterocycles. The summed E-state index contributed by atoms with van der Waals surface area (Å²) in [5, 5.41) is 8.15. The molecule has 0 aromatic heterocycles. The summed E-state index contributed by atoms with van der Waals surface area (Å²) in [7, 11) is 1.57. The topological polar surface area (TPSA) is 70.4 Å². The summed E-state index contributed by atoms with van der Waals surface area (Å²) in [4.78, 5) is 24.7. The lowest BCUT2D eigenvalue weighted by molar-refractivity contribution is -0.122. The monoisotopic (exact) mass is 274 g/mol. The third kappa shape index (κ3) is 2.77. The molecule has 1 aromatic rings. The number of methoxy groups -OCH3 is 1. The molecule has 2 rings (SSSR count). The highest BCUT2D eigenvalue weighted by molar-refractivity contribution is 8.18. The molecule has 1 aliphatic heterocycles. The number of benzene rings is 1. The molecule has 0 saturated carbocycles. The lowest BCUT2D eigenvalue weighted by Gasteiger charge is -2.05. The van der Waals surface area contributed by atoms with Crippen LogP contribution in [0.3, 0.4) is 0 Å². The minimum absolute atomic E-state index is 0.218. The first-order valence-electron chi connectivity index (χ1n) is 5.42. The van der Waals surface area contributed by atoms with Crippen molar-refractivity contribution in [3.05, 3.63) is 34.7 Å². The van der Waals surface area contributed by atoms with E-state index in [2.05, 4.69) is 0 Å². The van der Waals surface area contributed by atoms with E-state index >= 15 is 0 Å². The molecular weight excluding hydrogens is 264 g/mol. The number of amides is 2. The molecule has 96 valence electrons. The van der Waals surface area contributed by atoms with E-state index in [0.717, 1.165) is 28.0 Å². The molecule has 1 fully saturated rings. The molecule has 2 amide bonds. The Morgan fingerprint density at radius 2 is 2.05 bits per heavy atom. The second kappa shape index (κ2) is 5.59. The van der Waals surface area contributed by atoms with E-state index in [1.54, 1.807) is 43.5 Å². The zero-order valence-electron chi connectivity index (χ0n) is 10.1. The van der Waals surface area contributed by atoms with Crippen LogP contribution >= 0.6 is 11.8 Å². The van der Waals surface area contributed by atoms with Crippen LogP contribution in [0, 0.1) is 11.3 Å². The third-order valence-electron chi connectivity index (χ3n) is 2.52. The van der Waals surface area contributed by atoms with E-state index in [0.29, 0.717) is 4.91 Å². The highest BCUT2D eigenvalue weighted by Gasteiger charge is 2.34. The van der Waals surface area contributed by atoms with Gasteiger partial charge < -0.3 is 4.74 Å². The van der Waals surface area contributed by atoms with E-state index in [1.165, 1.54) is 0 Å². The summed E-state index contributed by atoms with van der Waals surface area (Å²) in [6.07, 6.45) is 1.63. The largest absolute Gasteiger partial charge is 0.497 e. The number of hydrogen-bond acceptors (Lipinski definition) is 5. The Labute approximate surface area is 114 Å². The number of thioether (sulfide) groups is 1. The van der Waals surface area contributed by atoms with Crippen molar-refractivity contribution in [3.8, 4) is 11.8 Å². The van der Waals surface area contributed by atoms with Gasteiger partial charge in [0.15, 0.2) is 0 Å². The molecule has 0 atom stereocenters. The molecule has 19 heavy (non-hydrogen) atoms. The number of hydrogen-bond donors (Lipinski definition) is 0. The Kier molecular flexibility index (Phi) is 3.88. The van der Waals surface area contributed by atoms with Crippen LogP contribution in [0.15, 0.2) is 29.2 Å². The van der Waals surface area contributed by atoms with Gasteiger partial charge in [-0.15, -0.1) is 0 Å². The van der Waals surface area contributed by atoms with Crippen LogP contribution in [0.5, 0.6) is 5.75 Å². The van der Waals surface area contributed by atoms with Crippen molar-refractivity contribution in [2.45, 2.75) is 0 Å². The molecule has 1 aliphatic rings. The lowest BCUT2D eigenvalue weighted by atomic mass is 10.2. The number of ether oxygens (including phenoxy) is 1. The van der Waals surface area contributed by atoms with Crippen LogP contribution in [-0.4, -0.2) is 29.7 Å². The number of carbonyl (C=O) groups is 2. The van der Waals surface area contributed by atoms with Crippen molar-refractivity contribution in [1.29, 1.82) is 5.26 Å². The first-order valence-corrected chi connectivity index (χ1v) is 6.23. The van der Waals surface area contributed by atoms with Crippen LogP contribution in [0.1, 0.15) is 5.56 Å². The van der Waals surface area contributed by atoms with E-state index < -0.39 is 11.1 Å².